The molecule has 3 rings (SSSR count). The Morgan fingerprint density at radius 2 is 1.88 bits per heavy atom. The molecule has 1 atom stereocenters. The fourth-order valence-corrected chi connectivity index (χ4v) is 4.45. The first kappa shape index (κ1) is 24.3. The molecule has 32 heavy (non-hydrogen) atoms. The van der Waals surface area contributed by atoms with Gasteiger partial charge in [-0.2, -0.15) is 0 Å². The smallest absolute Gasteiger partial charge is 0.261 e. The lowest BCUT2D eigenvalue weighted by Crippen LogP contribution is -2.52. The van der Waals surface area contributed by atoms with E-state index in [4.69, 9.17) is 4.74 Å². The Kier molecular flexibility index (Phi) is 9.15. The predicted octanol–water partition coefficient (Wildman–Crippen LogP) is 5.05. The number of nitrogens with zero attached hydrogens (tertiary/aromatic N) is 1. The van der Waals surface area contributed by atoms with Crippen LogP contribution in [0.2, 0.25) is 0 Å². The second-order valence-electron chi connectivity index (χ2n) is 8.44. The van der Waals surface area contributed by atoms with Gasteiger partial charge in [0.2, 0.25) is 5.91 Å². The Labute approximate surface area is 199 Å². The van der Waals surface area contributed by atoms with E-state index in [1.165, 1.54) is 0 Å². The van der Waals surface area contributed by atoms with Crippen LogP contribution in [-0.2, 0) is 16.0 Å². The summed E-state index contributed by atoms with van der Waals surface area (Å²) in [7, 11) is 0. The van der Waals surface area contributed by atoms with Crippen LogP contribution in [0.25, 0.3) is 0 Å². The number of ether oxygens (including phenoxy) is 1. The van der Waals surface area contributed by atoms with E-state index in [-0.39, 0.29) is 24.5 Å². The van der Waals surface area contributed by atoms with Gasteiger partial charge in [0.05, 0.1) is 0 Å². The summed E-state index contributed by atoms with van der Waals surface area (Å²) in [5, 5.41) is 3.17. The molecule has 5 nitrogen and oxygen atoms in total. The summed E-state index contributed by atoms with van der Waals surface area (Å²) < 4.78 is 6.80. The van der Waals surface area contributed by atoms with Crippen LogP contribution in [0.15, 0.2) is 53.0 Å². The standard InChI is InChI=1S/C26H33BrN2O3/c1-3-24(26(31)28-21-11-7-8-12-21)29(16-15-20-9-5-4-6-10-20)25(30)18-32-22-13-14-23(27)19(2)17-22/h4-6,9-10,13-14,17,21,24H,3,7-8,11-12,15-16,18H2,1-2H3,(H,28,31)/t24-/m1/s1. The van der Waals surface area contributed by atoms with Crippen molar-refractivity contribution in [2.75, 3.05) is 13.2 Å². The van der Waals surface area contributed by atoms with Crippen LogP contribution < -0.4 is 10.1 Å². The van der Waals surface area contributed by atoms with Crippen LogP contribution in [0, 0.1) is 6.92 Å². The average Bonchev–Trinajstić information content (AvgIpc) is 3.30. The van der Waals surface area contributed by atoms with Gasteiger partial charge in [-0.15, -0.1) is 0 Å². The highest BCUT2D eigenvalue weighted by Crippen LogP contribution is 2.22. The Morgan fingerprint density at radius 1 is 1.16 bits per heavy atom. The molecular weight excluding hydrogens is 468 g/mol. The van der Waals surface area contributed by atoms with Gasteiger partial charge in [-0.25, -0.2) is 0 Å². The predicted molar refractivity (Wildman–Crippen MR) is 131 cm³/mol. The van der Waals surface area contributed by atoms with Crippen molar-refractivity contribution >= 4 is 27.7 Å². The molecule has 0 spiro atoms. The number of carbonyl (C=O) groups excluding carboxylic acids is 2. The third kappa shape index (κ3) is 6.83. The highest BCUT2D eigenvalue weighted by Gasteiger charge is 2.30. The maximum Gasteiger partial charge on any atom is 0.261 e. The van der Waals surface area contributed by atoms with E-state index in [1.807, 2.05) is 62.4 Å². The maximum absolute atomic E-state index is 13.2. The van der Waals surface area contributed by atoms with Crippen molar-refractivity contribution < 1.29 is 14.3 Å². The van der Waals surface area contributed by atoms with E-state index in [9.17, 15) is 9.59 Å². The lowest BCUT2D eigenvalue weighted by molar-refractivity contribution is -0.142. The van der Waals surface area contributed by atoms with Gasteiger partial charge in [-0.3, -0.25) is 9.59 Å². The molecule has 1 N–H and O–H groups in total. The minimum absolute atomic E-state index is 0.0553. The van der Waals surface area contributed by atoms with Gasteiger partial charge < -0.3 is 15.0 Å². The Bertz CT molecular complexity index is 897. The third-order valence-electron chi connectivity index (χ3n) is 6.06. The summed E-state index contributed by atoms with van der Waals surface area (Å²) >= 11 is 3.48. The molecule has 1 saturated carbocycles. The number of rotatable bonds is 10. The molecule has 2 aromatic carbocycles. The quantitative estimate of drug-likeness (QED) is 0.496. The summed E-state index contributed by atoms with van der Waals surface area (Å²) in [6.45, 7) is 4.32. The second-order valence-corrected chi connectivity index (χ2v) is 9.29. The first-order chi connectivity index (χ1) is 15.5. The topological polar surface area (TPSA) is 58.6 Å². The molecule has 0 heterocycles. The number of hydrogen-bond acceptors (Lipinski definition) is 3. The van der Waals surface area contributed by atoms with Crippen molar-refractivity contribution in [2.24, 2.45) is 0 Å². The van der Waals surface area contributed by atoms with Crippen LogP contribution in [0.1, 0.15) is 50.2 Å². The molecule has 2 amide bonds. The normalized spacial score (nSPS) is 14.7. The van der Waals surface area contributed by atoms with Crippen LogP contribution in [0.4, 0.5) is 0 Å². The minimum Gasteiger partial charge on any atom is -0.484 e. The van der Waals surface area contributed by atoms with E-state index >= 15 is 0 Å². The summed E-state index contributed by atoms with van der Waals surface area (Å²) in [6.07, 6.45) is 5.60. The van der Waals surface area contributed by atoms with E-state index in [2.05, 4.69) is 21.2 Å². The molecule has 1 fully saturated rings. The van der Waals surface area contributed by atoms with Crippen molar-refractivity contribution in [1.82, 2.24) is 10.2 Å². The van der Waals surface area contributed by atoms with E-state index < -0.39 is 6.04 Å². The van der Waals surface area contributed by atoms with Crippen molar-refractivity contribution in [3.63, 3.8) is 0 Å². The number of halogens is 1. The molecule has 0 radical (unpaired) electrons. The van der Waals surface area contributed by atoms with E-state index in [1.54, 1.807) is 4.90 Å². The fourth-order valence-electron chi connectivity index (χ4n) is 4.20. The zero-order valence-corrected chi connectivity index (χ0v) is 20.6. The number of nitrogens with one attached hydrogen (secondary N) is 1. The lowest BCUT2D eigenvalue weighted by atomic mass is 10.1. The second kappa shape index (κ2) is 12.0. The summed E-state index contributed by atoms with van der Waals surface area (Å²) in [6, 6.07) is 15.4. The van der Waals surface area contributed by atoms with E-state index in [0.717, 1.165) is 41.3 Å². The number of benzene rings is 2. The lowest BCUT2D eigenvalue weighted by Gasteiger charge is -2.31. The van der Waals surface area contributed by atoms with Gasteiger partial charge in [-0.05, 0) is 61.9 Å². The van der Waals surface area contributed by atoms with Crippen molar-refractivity contribution in [3.8, 4) is 5.75 Å². The van der Waals surface area contributed by atoms with Gasteiger partial charge >= 0.3 is 0 Å². The first-order valence-corrected chi connectivity index (χ1v) is 12.3. The summed E-state index contributed by atoms with van der Waals surface area (Å²) in [5.41, 5.74) is 2.18. The van der Waals surface area contributed by atoms with Crippen molar-refractivity contribution in [1.29, 1.82) is 0 Å². The molecule has 0 unspecified atom stereocenters. The Hall–Kier alpha value is -2.34. The van der Waals surface area contributed by atoms with E-state index in [0.29, 0.717) is 25.1 Å². The molecule has 0 aliphatic heterocycles. The average molecular weight is 501 g/mol. The first-order valence-electron chi connectivity index (χ1n) is 11.5. The number of carbonyl (C=O) groups is 2. The molecule has 1 aliphatic carbocycles. The molecule has 172 valence electrons. The Balaban J connectivity index is 1.70. The number of amides is 2. The summed E-state index contributed by atoms with van der Waals surface area (Å²) in [5.74, 6) is 0.417. The fraction of sp³-hybridized carbons (Fsp3) is 0.462. The maximum atomic E-state index is 13.2. The van der Waals surface area contributed by atoms with Gasteiger partial charge in [0, 0.05) is 17.1 Å². The van der Waals surface area contributed by atoms with Crippen LogP contribution in [-0.4, -0.2) is 41.9 Å². The zero-order valence-electron chi connectivity index (χ0n) is 19.0. The Morgan fingerprint density at radius 3 is 2.53 bits per heavy atom. The zero-order chi connectivity index (χ0) is 22.9. The molecule has 0 bridgehead atoms. The van der Waals surface area contributed by atoms with Crippen molar-refractivity contribution in [3.05, 3.63) is 64.1 Å². The van der Waals surface area contributed by atoms with Crippen molar-refractivity contribution in [2.45, 2.75) is 64.5 Å². The van der Waals surface area contributed by atoms with Gasteiger partial charge in [0.15, 0.2) is 6.61 Å². The SMILES string of the molecule is CC[C@H](C(=O)NC1CCCC1)N(CCc1ccccc1)C(=O)COc1ccc(Br)c(C)c1. The highest BCUT2D eigenvalue weighted by molar-refractivity contribution is 9.10. The highest BCUT2D eigenvalue weighted by atomic mass is 79.9. The molecule has 1 aliphatic rings. The molecule has 0 saturated heterocycles. The molecule has 2 aromatic rings. The van der Waals surface area contributed by atoms with Crippen LogP contribution in [0.5, 0.6) is 5.75 Å². The van der Waals surface area contributed by atoms with Gasteiger partial charge in [0.1, 0.15) is 11.8 Å². The monoisotopic (exact) mass is 500 g/mol. The van der Waals surface area contributed by atoms with Gasteiger partial charge in [0.25, 0.3) is 5.91 Å². The molecule has 0 aromatic heterocycles. The number of aryl methyl sites for hydroxylation is 1. The largest absolute Gasteiger partial charge is 0.484 e. The van der Waals surface area contributed by atoms with Gasteiger partial charge in [-0.1, -0.05) is 66.0 Å². The molecule has 6 heteroatoms. The van der Waals surface area contributed by atoms with Crippen LogP contribution in [0.3, 0.4) is 0 Å². The third-order valence-corrected chi connectivity index (χ3v) is 6.95. The minimum atomic E-state index is -0.498. The number of hydrogen-bond donors (Lipinski definition) is 1. The summed E-state index contributed by atoms with van der Waals surface area (Å²) in [4.78, 5) is 28.0. The van der Waals surface area contributed by atoms with Crippen LogP contribution >= 0.6 is 15.9 Å². The molecular formula is C26H33BrN2O3.